The maximum atomic E-state index is 13.6. The Labute approximate surface area is 98.6 Å². The Kier molecular flexibility index (Phi) is 5.02. The topological polar surface area (TPSA) is 16.1 Å². The van der Waals surface area contributed by atoms with Crippen LogP contribution in [0.1, 0.15) is 26.7 Å². The summed E-state index contributed by atoms with van der Waals surface area (Å²) in [6.45, 7) is 5.86. The van der Waals surface area contributed by atoms with E-state index in [1.165, 1.54) is 6.07 Å². The zero-order chi connectivity index (χ0) is 11.3. The monoisotopic (exact) mass is 274 g/mol. The highest BCUT2D eigenvalue weighted by Crippen LogP contribution is 2.20. The van der Waals surface area contributed by atoms with Crippen molar-refractivity contribution in [3.05, 3.63) is 22.6 Å². The van der Waals surface area contributed by atoms with Gasteiger partial charge < -0.3 is 4.90 Å². The fourth-order valence-corrected chi connectivity index (χ4v) is 1.81. The molecule has 0 saturated heterocycles. The normalized spacial score (nSPS) is 10.4. The predicted molar refractivity (Wildman–Crippen MR) is 64.7 cm³/mol. The average molecular weight is 275 g/mol. The molecule has 0 radical (unpaired) electrons. The number of hydrogen-bond donors (Lipinski definition) is 0. The third kappa shape index (κ3) is 3.45. The van der Waals surface area contributed by atoms with Crippen molar-refractivity contribution in [1.29, 1.82) is 0 Å². The highest BCUT2D eigenvalue weighted by atomic mass is 79.9. The number of halogens is 2. The first-order valence-electron chi connectivity index (χ1n) is 5.25. The summed E-state index contributed by atoms with van der Waals surface area (Å²) in [5.74, 6) is 0.202. The minimum Gasteiger partial charge on any atom is -0.354 e. The van der Waals surface area contributed by atoms with Crippen molar-refractivity contribution in [3.63, 3.8) is 0 Å². The number of pyridine rings is 1. The van der Waals surface area contributed by atoms with Crippen LogP contribution in [0.4, 0.5) is 10.2 Å². The zero-order valence-corrected chi connectivity index (χ0v) is 10.7. The fraction of sp³-hybridized carbons (Fsp3) is 0.545. The molecule has 0 amide bonds. The van der Waals surface area contributed by atoms with Gasteiger partial charge in [-0.1, -0.05) is 13.8 Å². The summed E-state index contributed by atoms with van der Waals surface area (Å²) in [6.07, 6.45) is 3.63. The smallest absolute Gasteiger partial charge is 0.166 e. The van der Waals surface area contributed by atoms with Crippen LogP contribution < -0.4 is 4.90 Å². The molecule has 0 bridgehead atoms. The fourth-order valence-electron chi connectivity index (χ4n) is 1.50. The molecular formula is C11H16BrFN2. The third-order valence-electron chi connectivity index (χ3n) is 2.07. The summed E-state index contributed by atoms with van der Waals surface area (Å²) in [4.78, 5) is 6.11. The Balaban J connectivity index is 2.89. The van der Waals surface area contributed by atoms with E-state index >= 15 is 0 Å². The minimum atomic E-state index is -0.258. The van der Waals surface area contributed by atoms with E-state index in [1.807, 2.05) is 4.90 Å². The SMILES string of the molecule is CCCN(CCC)c1ncc(Br)cc1F. The second-order valence-corrected chi connectivity index (χ2v) is 4.36. The van der Waals surface area contributed by atoms with Gasteiger partial charge in [0.05, 0.1) is 0 Å². The molecule has 0 saturated carbocycles. The summed E-state index contributed by atoms with van der Waals surface area (Å²) in [7, 11) is 0. The Morgan fingerprint density at radius 1 is 1.33 bits per heavy atom. The summed E-state index contributed by atoms with van der Waals surface area (Å²) < 4.78 is 14.3. The molecule has 0 atom stereocenters. The molecular weight excluding hydrogens is 259 g/mol. The van der Waals surface area contributed by atoms with E-state index in [4.69, 9.17) is 0 Å². The van der Waals surface area contributed by atoms with Crippen LogP contribution in [0.3, 0.4) is 0 Å². The Hall–Kier alpha value is -0.640. The van der Waals surface area contributed by atoms with Crippen LogP contribution in [-0.2, 0) is 0 Å². The molecule has 0 aliphatic rings. The molecule has 4 heteroatoms. The van der Waals surface area contributed by atoms with E-state index in [-0.39, 0.29) is 5.82 Å². The maximum absolute atomic E-state index is 13.6. The summed E-state index contributed by atoms with van der Waals surface area (Å²) in [5, 5.41) is 0. The van der Waals surface area contributed by atoms with Crippen LogP contribution in [0.15, 0.2) is 16.7 Å². The standard InChI is InChI=1S/C11H16BrFN2/c1-3-5-15(6-4-2)11-10(13)7-9(12)8-14-11/h7-8H,3-6H2,1-2H3. The van der Waals surface area contributed by atoms with Gasteiger partial charge in [0.25, 0.3) is 0 Å². The molecule has 1 heterocycles. The van der Waals surface area contributed by atoms with Crippen LogP contribution in [0, 0.1) is 5.82 Å². The van der Waals surface area contributed by atoms with Crippen molar-refractivity contribution in [2.75, 3.05) is 18.0 Å². The second-order valence-electron chi connectivity index (χ2n) is 3.45. The molecule has 0 fully saturated rings. The van der Waals surface area contributed by atoms with Gasteiger partial charge in [-0.25, -0.2) is 9.37 Å². The van der Waals surface area contributed by atoms with Gasteiger partial charge in [-0.15, -0.1) is 0 Å². The summed E-state index contributed by atoms with van der Waals surface area (Å²) in [5.41, 5.74) is 0. The minimum absolute atomic E-state index is 0.258. The van der Waals surface area contributed by atoms with E-state index in [1.54, 1.807) is 6.20 Å². The highest BCUT2D eigenvalue weighted by molar-refractivity contribution is 9.10. The van der Waals surface area contributed by atoms with Gasteiger partial charge in [0.2, 0.25) is 0 Å². The average Bonchev–Trinajstić information content (AvgIpc) is 2.17. The van der Waals surface area contributed by atoms with Crippen LogP contribution in [-0.4, -0.2) is 18.1 Å². The molecule has 1 aromatic rings. The quantitative estimate of drug-likeness (QED) is 0.816. The number of hydrogen-bond acceptors (Lipinski definition) is 2. The van der Waals surface area contributed by atoms with Gasteiger partial charge >= 0.3 is 0 Å². The molecule has 1 aromatic heterocycles. The molecule has 0 aliphatic carbocycles. The lowest BCUT2D eigenvalue weighted by Gasteiger charge is -2.22. The lowest BCUT2D eigenvalue weighted by molar-refractivity contribution is 0.603. The third-order valence-corrected chi connectivity index (χ3v) is 2.51. The van der Waals surface area contributed by atoms with Crippen molar-refractivity contribution in [2.24, 2.45) is 0 Å². The maximum Gasteiger partial charge on any atom is 0.166 e. The molecule has 0 aliphatic heterocycles. The number of nitrogens with zero attached hydrogens (tertiary/aromatic N) is 2. The van der Waals surface area contributed by atoms with Gasteiger partial charge in [-0.2, -0.15) is 0 Å². The first-order valence-corrected chi connectivity index (χ1v) is 6.04. The van der Waals surface area contributed by atoms with Gasteiger partial charge in [-0.3, -0.25) is 0 Å². The highest BCUT2D eigenvalue weighted by Gasteiger charge is 2.11. The Morgan fingerprint density at radius 3 is 2.40 bits per heavy atom. The molecule has 0 unspecified atom stereocenters. The number of anilines is 1. The Morgan fingerprint density at radius 2 is 1.93 bits per heavy atom. The molecule has 2 nitrogen and oxygen atoms in total. The molecule has 15 heavy (non-hydrogen) atoms. The van der Waals surface area contributed by atoms with Gasteiger partial charge in [0.15, 0.2) is 11.6 Å². The Bertz CT molecular complexity index is 311. The molecule has 0 N–H and O–H groups in total. The molecule has 0 spiro atoms. The van der Waals surface area contributed by atoms with Crippen LogP contribution in [0.2, 0.25) is 0 Å². The van der Waals surface area contributed by atoms with Crippen molar-refractivity contribution in [2.45, 2.75) is 26.7 Å². The van der Waals surface area contributed by atoms with Crippen molar-refractivity contribution >= 4 is 21.7 Å². The van der Waals surface area contributed by atoms with Crippen LogP contribution >= 0.6 is 15.9 Å². The van der Waals surface area contributed by atoms with E-state index in [9.17, 15) is 4.39 Å². The van der Waals surface area contributed by atoms with E-state index < -0.39 is 0 Å². The van der Waals surface area contributed by atoms with E-state index in [0.717, 1.165) is 25.9 Å². The summed E-state index contributed by atoms with van der Waals surface area (Å²) in [6, 6.07) is 1.46. The van der Waals surface area contributed by atoms with Gasteiger partial charge in [-0.05, 0) is 34.8 Å². The largest absolute Gasteiger partial charge is 0.354 e. The van der Waals surface area contributed by atoms with Crippen LogP contribution in [0.25, 0.3) is 0 Å². The van der Waals surface area contributed by atoms with Crippen LogP contribution in [0.5, 0.6) is 0 Å². The molecule has 1 rings (SSSR count). The van der Waals surface area contributed by atoms with E-state index in [2.05, 4.69) is 34.8 Å². The second kappa shape index (κ2) is 6.05. The number of aromatic nitrogens is 1. The lowest BCUT2D eigenvalue weighted by Crippen LogP contribution is -2.26. The lowest BCUT2D eigenvalue weighted by atomic mass is 10.3. The molecule has 0 aromatic carbocycles. The van der Waals surface area contributed by atoms with Crippen molar-refractivity contribution in [3.8, 4) is 0 Å². The number of rotatable bonds is 5. The van der Waals surface area contributed by atoms with Crippen molar-refractivity contribution < 1.29 is 4.39 Å². The van der Waals surface area contributed by atoms with Gasteiger partial charge in [0.1, 0.15) is 0 Å². The molecule has 84 valence electrons. The first kappa shape index (κ1) is 12.4. The van der Waals surface area contributed by atoms with E-state index in [0.29, 0.717) is 10.3 Å². The predicted octanol–water partition coefficient (Wildman–Crippen LogP) is 3.61. The van der Waals surface area contributed by atoms with Crippen molar-refractivity contribution in [1.82, 2.24) is 4.98 Å². The zero-order valence-electron chi connectivity index (χ0n) is 9.13. The van der Waals surface area contributed by atoms with Gasteiger partial charge in [0, 0.05) is 23.8 Å². The first-order chi connectivity index (χ1) is 7.19. The summed E-state index contributed by atoms with van der Waals surface area (Å²) >= 11 is 3.20.